The Balaban J connectivity index is 1.54. The summed E-state index contributed by atoms with van der Waals surface area (Å²) in [6.45, 7) is 4.27. The Morgan fingerprint density at radius 2 is 1.69 bits per heavy atom. The molecule has 0 spiro atoms. The van der Waals surface area contributed by atoms with Crippen LogP contribution in [0.4, 0.5) is 5.69 Å². The van der Waals surface area contributed by atoms with E-state index in [4.69, 9.17) is 4.74 Å². The molecule has 0 bridgehead atoms. The highest BCUT2D eigenvalue weighted by atomic mass is 16.5. The topological polar surface area (TPSA) is 58.6 Å². The third-order valence-electron chi connectivity index (χ3n) is 4.50. The van der Waals surface area contributed by atoms with Gasteiger partial charge in [0, 0.05) is 18.3 Å². The number of imide groups is 1. The number of hydrogen-bond acceptors (Lipinski definition) is 4. The molecule has 2 amide bonds. The molecule has 2 aromatic rings. The van der Waals surface area contributed by atoms with Crippen molar-refractivity contribution in [3.8, 4) is 5.75 Å². The number of benzene rings is 2. The number of carbonyl (C=O) groups excluding carboxylic acids is 2. The summed E-state index contributed by atoms with van der Waals surface area (Å²) in [5.74, 6) is 0.393. The highest BCUT2D eigenvalue weighted by Crippen LogP contribution is 2.23. The van der Waals surface area contributed by atoms with Crippen LogP contribution in [0.2, 0.25) is 0 Å². The second kappa shape index (κ2) is 7.87. The molecule has 1 aliphatic heterocycles. The van der Waals surface area contributed by atoms with Crippen molar-refractivity contribution in [2.24, 2.45) is 0 Å². The molecule has 0 aliphatic carbocycles. The summed E-state index contributed by atoms with van der Waals surface area (Å²) < 4.78 is 5.15. The van der Waals surface area contributed by atoms with Gasteiger partial charge >= 0.3 is 0 Å². The molecule has 3 rings (SSSR count). The number of rotatable bonds is 8. The minimum Gasteiger partial charge on any atom is -0.497 e. The fourth-order valence-corrected chi connectivity index (χ4v) is 3.06. The third-order valence-corrected chi connectivity index (χ3v) is 4.50. The van der Waals surface area contributed by atoms with Crippen LogP contribution >= 0.6 is 0 Å². The zero-order valence-corrected chi connectivity index (χ0v) is 14.8. The van der Waals surface area contributed by atoms with E-state index in [1.54, 1.807) is 31.4 Å². The van der Waals surface area contributed by atoms with Crippen LogP contribution in [0.5, 0.6) is 5.75 Å². The van der Waals surface area contributed by atoms with Crippen LogP contribution in [0.3, 0.4) is 0 Å². The summed E-state index contributed by atoms with van der Waals surface area (Å²) in [6.07, 6.45) is 3.31. The Hall–Kier alpha value is -3.08. The zero-order valence-electron chi connectivity index (χ0n) is 14.8. The highest BCUT2D eigenvalue weighted by Gasteiger charge is 2.34. The van der Waals surface area contributed by atoms with Crippen LogP contribution in [-0.4, -0.2) is 36.4 Å². The molecule has 0 aromatic heterocycles. The van der Waals surface area contributed by atoms with Crippen LogP contribution in [0.15, 0.2) is 61.2 Å². The van der Waals surface area contributed by atoms with Crippen LogP contribution in [0.25, 0.3) is 0 Å². The normalized spacial score (nSPS) is 14.1. The van der Waals surface area contributed by atoms with Crippen molar-refractivity contribution in [2.75, 3.05) is 19.0 Å². The van der Waals surface area contributed by atoms with Gasteiger partial charge < -0.3 is 10.1 Å². The highest BCUT2D eigenvalue weighted by molar-refractivity contribution is 6.21. The third kappa shape index (κ3) is 3.61. The monoisotopic (exact) mass is 350 g/mol. The van der Waals surface area contributed by atoms with E-state index >= 15 is 0 Å². The van der Waals surface area contributed by atoms with Crippen molar-refractivity contribution in [1.82, 2.24) is 4.90 Å². The quantitative estimate of drug-likeness (QED) is 0.582. The Kier molecular flexibility index (Phi) is 5.37. The summed E-state index contributed by atoms with van der Waals surface area (Å²) in [4.78, 5) is 26.1. The largest absolute Gasteiger partial charge is 0.497 e. The number of fused-ring (bicyclic) bond motifs is 1. The van der Waals surface area contributed by atoms with E-state index in [9.17, 15) is 9.59 Å². The smallest absolute Gasteiger partial charge is 0.261 e. The zero-order chi connectivity index (χ0) is 18.5. The first-order valence-corrected chi connectivity index (χ1v) is 8.62. The number of carbonyl (C=O) groups is 2. The molecular weight excluding hydrogens is 328 g/mol. The van der Waals surface area contributed by atoms with Crippen molar-refractivity contribution in [3.05, 3.63) is 72.3 Å². The molecule has 0 unspecified atom stereocenters. The molecule has 0 fully saturated rings. The van der Waals surface area contributed by atoms with Gasteiger partial charge in [0.15, 0.2) is 0 Å². The van der Waals surface area contributed by atoms with Gasteiger partial charge in [-0.15, -0.1) is 6.58 Å². The molecule has 5 nitrogen and oxygen atoms in total. The van der Waals surface area contributed by atoms with Crippen LogP contribution in [-0.2, 0) is 0 Å². The molecule has 134 valence electrons. The summed E-state index contributed by atoms with van der Waals surface area (Å²) in [5.41, 5.74) is 1.96. The fourth-order valence-electron chi connectivity index (χ4n) is 3.06. The SMILES string of the molecule is C=C[C@@H](CCCN1C(=O)c2ccccc2C1=O)Nc1ccc(OC)cc1. The lowest BCUT2D eigenvalue weighted by atomic mass is 10.1. The second-order valence-corrected chi connectivity index (χ2v) is 6.16. The van der Waals surface area contributed by atoms with Crippen molar-refractivity contribution >= 4 is 17.5 Å². The number of hydrogen-bond donors (Lipinski definition) is 1. The van der Waals surface area contributed by atoms with Crippen molar-refractivity contribution in [1.29, 1.82) is 0 Å². The van der Waals surface area contributed by atoms with Gasteiger partial charge in [0.2, 0.25) is 0 Å². The van der Waals surface area contributed by atoms with Gasteiger partial charge in [-0.05, 0) is 49.2 Å². The molecule has 1 heterocycles. The van der Waals surface area contributed by atoms with E-state index < -0.39 is 0 Å². The predicted octanol–water partition coefficient (Wildman–Crippen LogP) is 3.74. The summed E-state index contributed by atoms with van der Waals surface area (Å²) in [6, 6.07) is 14.7. The molecular formula is C21H22N2O3. The number of amides is 2. The molecule has 1 N–H and O–H groups in total. The van der Waals surface area contributed by atoms with Gasteiger partial charge in [-0.1, -0.05) is 18.2 Å². The lowest BCUT2D eigenvalue weighted by Gasteiger charge is -2.18. The van der Waals surface area contributed by atoms with Crippen LogP contribution in [0, 0.1) is 0 Å². The maximum atomic E-state index is 12.4. The summed E-state index contributed by atoms with van der Waals surface area (Å²) in [7, 11) is 1.63. The molecule has 1 atom stereocenters. The Labute approximate surface area is 153 Å². The van der Waals surface area contributed by atoms with Gasteiger partial charge in [0.05, 0.1) is 18.2 Å². The maximum Gasteiger partial charge on any atom is 0.261 e. The van der Waals surface area contributed by atoms with Gasteiger partial charge in [-0.2, -0.15) is 0 Å². The number of ether oxygens (including phenoxy) is 1. The molecule has 0 saturated heterocycles. The number of anilines is 1. The minimum absolute atomic E-state index is 0.0542. The van der Waals surface area contributed by atoms with E-state index in [0.29, 0.717) is 24.1 Å². The van der Waals surface area contributed by atoms with E-state index in [0.717, 1.165) is 17.9 Å². The molecule has 26 heavy (non-hydrogen) atoms. The summed E-state index contributed by atoms with van der Waals surface area (Å²) >= 11 is 0. The van der Waals surface area contributed by atoms with Gasteiger partial charge in [0.1, 0.15) is 5.75 Å². The average Bonchev–Trinajstić information content (AvgIpc) is 2.93. The van der Waals surface area contributed by atoms with Crippen LogP contribution < -0.4 is 10.1 Å². The lowest BCUT2D eigenvalue weighted by Crippen LogP contribution is -2.31. The van der Waals surface area contributed by atoms with Crippen LogP contribution in [0.1, 0.15) is 33.6 Å². The van der Waals surface area contributed by atoms with Crippen molar-refractivity contribution in [2.45, 2.75) is 18.9 Å². The van der Waals surface area contributed by atoms with E-state index in [-0.39, 0.29) is 17.9 Å². The first-order valence-electron chi connectivity index (χ1n) is 8.62. The Morgan fingerprint density at radius 3 is 2.23 bits per heavy atom. The number of nitrogens with one attached hydrogen (secondary N) is 1. The first kappa shape index (κ1) is 17.7. The summed E-state index contributed by atoms with van der Waals surface area (Å²) in [5, 5.41) is 3.38. The molecule has 2 aromatic carbocycles. The van der Waals surface area contributed by atoms with E-state index in [2.05, 4.69) is 11.9 Å². The fraction of sp³-hybridized carbons (Fsp3) is 0.238. The Morgan fingerprint density at radius 1 is 1.08 bits per heavy atom. The van der Waals surface area contributed by atoms with Crippen molar-refractivity contribution in [3.63, 3.8) is 0 Å². The number of methoxy groups -OCH3 is 1. The molecule has 1 aliphatic rings. The van der Waals surface area contributed by atoms with E-state index in [1.165, 1.54) is 4.90 Å². The van der Waals surface area contributed by atoms with Gasteiger partial charge in [0.25, 0.3) is 11.8 Å². The second-order valence-electron chi connectivity index (χ2n) is 6.16. The van der Waals surface area contributed by atoms with Gasteiger partial charge in [-0.3, -0.25) is 14.5 Å². The number of nitrogens with zero attached hydrogens (tertiary/aromatic N) is 1. The molecule has 5 heteroatoms. The average molecular weight is 350 g/mol. The lowest BCUT2D eigenvalue weighted by molar-refractivity contribution is 0.0651. The maximum absolute atomic E-state index is 12.4. The standard InChI is InChI=1S/C21H22N2O3/c1-3-15(22-16-10-12-17(26-2)13-11-16)7-6-14-23-20(24)18-8-4-5-9-19(18)21(23)25/h3-5,8-13,15,22H,1,6-7,14H2,2H3/t15-/m0/s1. The van der Waals surface area contributed by atoms with Gasteiger partial charge in [-0.25, -0.2) is 0 Å². The molecule has 0 radical (unpaired) electrons. The Bertz CT molecular complexity index is 779. The van der Waals surface area contributed by atoms with E-state index in [1.807, 2.05) is 30.3 Å². The molecule has 0 saturated carbocycles. The first-order chi connectivity index (χ1) is 12.6. The predicted molar refractivity (Wildman–Crippen MR) is 102 cm³/mol. The van der Waals surface area contributed by atoms with Crippen molar-refractivity contribution < 1.29 is 14.3 Å². The minimum atomic E-state index is -0.205.